The minimum Gasteiger partial charge on any atom is -0.352 e. The number of rotatable bonds is 8. The second kappa shape index (κ2) is 10.8. The van der Waals surface area contributed by atoms with Gasteiger partial charge < -0.3 is 10.2 Å². The minimum absolute atomic E-state index is 0.101. The molecule has 0 atom stereocenters. The highest BCUT2D eigenvalue weighted by atomic mass is 32.2. The maximum atomic E-state index is 13.2. The van der Waals surface area contributed by atoms with Gasteiger partial charge in [0.25, 0.3) is 15.9 Å². The molecule has 1 amide bonds. The lowest BCUT2D eigenvalue weighted by atomic mass is 9.94. The number of sulfonamides is 1. The first-order valence-corrected chi connectivity index (χ1v) is 14.5. The molecule has 1 aliphatic carbocycles. The third kappa shape index (κ3) is 5.25. The monoisotopic (exact) mass is 500 g/mol. The summed E-state index contributed by atoms with van der Waals surface area (Å²) in [6.07, 6.45) is 8.12. The van der Waals surface area contributed by atoms with Gasteiger partial charge in [-0.1, -0.05) is 43.5 Å². The van der Waals surface area contributed by atoms with E-state index in [-0.39, 0.29) is 22.8 Å². The smallest absolute Gasteiger partial charge is 0.266 e. The molecule has 34 heavy (non-hydrogen) atoms. The Morgan fingerprint density at radius 2 is 1.76 bits per heavy atom. The van der Waals surface area contributed by atoms with Crippen molar-refractivity contribution in [1.29, 1.82) is 5.41 Å². The highest BCUT2D eigenvalue weighted by molar-refractivity contribution is 7.98. The van der Waals surface area contributed by atoms with Crippen molar-refractivity contribution in [1.82, 2.24) is 14.5 Å². The molecule has 0 spiro atoms. The number of nitrogens with one attached hydrogen (secondary N) is 2. The molecule has 2 N–H and O–H groups in total. The van der Waals surface area contributed by atoms with E-state index >= 15 is 0 Å². The Balaban J connectivity index is 1.34. The van der Waals surface area contributed by atoms with Crippen LogP contribution in [0.25, 0.3) is 0 Å². The third-order valence-electron chi connectivity index (χ3n) is 6.63. The van der Waals surface area contributed by atoms with Crippen molar-refractivity contribution in [2.24, 2.45) is 0 Å². The fourth-order valence-corrected chi connectivity index (χ4v) is 6.72. The number of thioether (sulfide) groups is 1. The number of benzene rings is 2. The normalized spacial score (nSPS) is 17.3. The molecular formula is C25H32N4O3S2. The Hall–Kier alpha value is -2.52. The molecule has 2 aromatic rings. The predicted molar refractivity (Wildman–Crippen MR) is 136 cm³/mol. The van der Waals surface area contributed by atoms with Crippen LogP contribution in [0, 0.1) is 5.41 Å². The number of hydrogen-bond acceptors (Lipinski definition) is 5. The van der Waals surface area contributed by atoms with Gasteiger partial charge in [-0.2, -0.15) is 0 Å². The number of hydrogen-bond donors (Lipinski definition) is 2. The van der Waals surface area contributed by atoms with E-state index < -0.39 is 10.0 Å². The topological polar surface area (TPSA) is 93.6 Å². The van der Waals surface area contributed by atoms with Crippen molar-refractivity contribution in [3.8, 4) is 0 Å². The third-order valence-corrected chi connectivity index (χ3v) is 9.23. The summed E-state index contributed by atoms with van der Waals surface area (Å²) in [5.41, 5.74) is 1.60. The first-order valence-electron chi connectivity index (χ1n) is 11.8. The Labute approximate surface area is 206 Å². The highest BCUT2D eigenvalue weighted by Gasteiger charge is 2.38. The molecule has 0 aromatic heterocycles. The van der Waals surface area contributed by atoms with E-state index in [1.54, 1.807) is 24.3 Å². The van der Waals surface area contributed by atoms with E-state index in [2.05, 4.69) is 5.32 Å². The molecule has 1 aliphatic heterocycles. The standard InChI is InChI=1S/C25H32N4O3S2/c1-33-23-10-6-5-9-22(23)24(30)27-16-15-19-11-13-21(14-12-19)34(31,32)29-18-17-28(25(29)26)20-7-3-2-4-8-20/h5-6,9-14,20,26H,2-4,7-8,15-18H2,1H3,(H,27,30). The average molecular weight is 501 g/mol. The second-order valence-electron chi connectivity index (χ2n) is 8.74. The number of nitrogens with zero attached hydrogens (tertiary/aromatic N) is 2. The van der Waals surface area contributed by atoms with Crippen LogP contribution in [0.15, 0.2) is 58.3 Å². The van der Waals surface area contributed by atoms with Crippen LogP contribution < -0.4 is 5.32 Å². The van der Waals surface area contributed by atoms with Crippen LogP contribution in [-0.2, 0) is 16.4 Å². The van der Waals surface area contributed by atoms with Gasteiger partial charge in [-0.15, -0.1) is 11.8 Å². The maximum absolute atomic E-state index is 13.2. The molecule has 0 radical (unpaired) electrons. The van der Waals surface area contributed by atoms with E-state index in [0.717, 1.165) is 36.1 Å². The summed E-state index contributed by atoms with van der Waals surface area (Å²) in [6.45, 7) is 1.36. The number of amides is 1. The molecule has 2 fully saturated rings. The summed E-state index contributed by atoms with van der Waals surface area (Å²) >= 11 is 1.54. The molecule has 0 unspecified atom stereocenters. The van der Waals surface area contributed by atoms with Crippen LogP contribution in [0.1, 0.15) is 48.0 Å². The van der Waals surface area contributed by atoms with Crippen molar-refractivity contribution < 1.29 is 13.2 Å². The number of carbonyl (C=O) groups excluding carboxylic acids is 1. The largest absolute Gasteiger partial charge is 0.352 e. The van der Waals surface area contributed by atoms with Gasteiger partial charge >= 0.3 is 0 Å². The molecule has 7 nitrogen and oxygen atoms in total. The SMILES string of the molecule is CSc1ccccc1C(=O)NCCc1ccc(S(=O)(=O)N2CCN(C3CCCCC3)C2=N)cc1. The zero-order valence-electron chi connectivity index (χ0n) is 19.5. The maximum Gasteiger partial charge on any atom is 0.266 e. The van der Waals surface area contributed by atoms with E-state index in [0.29, 0.717) is 31.6 Å². The molecular weight excluding hydrogens is 468 g/mol. The van der Waals surface area contributed by atoms with E-state index in [4.69, 9.17) is 5.41 Å². The van der Waals surface area contributed by atoms with Crippen molar-refractivity contribution in [2.45, 2.75) is 54.4 Å². The van der Waals surface area contributed by atoms with Crippen molar-refractivity contribution in [3.63, 3.8) is 0 Å². The van der Waals surface area contributed by atoms with Crippen LogP contribution >= 0.6 is 11.8 Å². The Kier molecular flexibility index (Phi) is 7.83. The second-order valence-corrected chi connectivity index (χ2v) is 11.4. The van der Waals surface area contributed by atoms with Gasteiger partial charge in [0, 0.05) is 24.0 Å². The van der Waals surface area contributed by atoms with Gasteiger partial charge in [-0.25, -0.2) is 12.7 Å². The summed E-state index contributed by atoms with van der Waals surface area (Å²) in [4.78, 5) is 15.6. The lowest BCUT2D eigenvalue weighted by Gasteiger charge is -2.32. The lowest BCUT2D eigenvalue weighted by molar-refractivity contribution is 0.0951. The molecule has 1 saturated heterocycles. The molecule has 1 heterocycles. The Morgan fingerprint density at radius 1 is 1.06 bits per heavy atom. The highest BCUT2D eigenvalue weighted by Crippen LogP contribution is 2.28. The molecule has 4 rings (SSSR count). The first kappa shape index (κ1) is 24.6. The van der Waals surface area contributed by atoms with Crippen molar-refractivity contribution in [3.05, 3.63) is 59.7 Å². The van der Waals surface area contributed by atoms with Gasteiger partial charge in [-0.05, 0) is 55.3 Å². The summed E-state index contributed by atoms with van der Waals surface area (Å²) < 4.78 is 27.6. The van der Waals surface area contributed by atoms with Crippen molar-refractivity contribution >= 4 is 33.7 Å². The van der Waals surface area contributed by atoms with E-state index in [9.17, 15) is 13.2 Å². The molecule has 9 heteroatoms. The zero-order chi connectivity index (χ0) is 24.1. The first-order chi connectivity index (χ1) is 16.4. The lowest BCUT2D eigenvalue weighted by Crippen LogP contribution is -2.42. The van der Waals surface area contributed by atoms with Crippen LogP contribution in [-0.4, -0.2) is 61.4 Å². The Bertz CT molecular complexity index is 1130. The van der Waals surface area contributed by atoms with Gasteiger partial charge in [0.1, 0.15) is 0 Å². The number of carbonyl (C=O) groups is 1. The van der Waals surface area contributed by atoms with Gasteiger partial charge in [0.2, 0.25) is 5.96 Å². The van der Waals surface area contributed by atoms with Crippen LogP contribution in [0.5, 0.6) is 0 Å². The van der Waals surface area contributed by atoms with E-state index in [1.807, 2.05) is 35.4 Å². The van der Waals surface area contributed by atoms with Crippen molar-refractivity contribution in [2.75, 3.05) is 25.9 Å². The predicted octanol–water partition coefficient (Wildman–Crippen LogP) is 3.95. The summed E-state index contributed by atoms with van der Waals surface area (Å²) in [7, 11) is -3.76. The van der Waals surface area contributed by atoms with Gasteiger partial charge in [-0.3, -0.25) is 10.2 Å². The molecule has 182 valence electrons. The van der Waals surface area contributed by atoms with Crippen LogP contribution in [0.2, 0.25) is 0 Å². The molecule has 2 aliphatic rings. The Morgan fingerprint density at radius 3 is 2.47 bits per heavy atom. The quantitative estimate of drug-likeness (QED) is 0.535. The van der Waals surface area contributed by atoms with Crippen LogP contribution in [0.4, 0.5) is 0 Å². The summed E-state index contributed by atoms with van der Waals surface area (Å²) in [6, 6.07) is 14.6. The molecule has 2 aromatic carbocycles. The summed E-state index contributed by atoms with van der Waals surface area (Å²) in [5, 5.41) is 11.4. The fourth-order valence-electron chi connectivity index (χ4n) is 4.74. The fraction of sp³-hybridized carbons (Fsp3) is 0.440. The van der Waals surface area contributed by atoms with E-state index in [1.165, 1.54) is 22.5 Å². The molecule has 1 saturated carbocycles. The zero-order valence-corrected chi connectivity index (χ0v) is 21.1. The van der Waals surface area contributed by atoms with Crippen LogP contribution in [0.3, 0.4) is 0 Å². The summed E-state index contributed by atoms with van der Waals surface area (Å²) in [5.74, 6) is -0.0107. The average Bonchev–Trinajstić information content (AvgIpc) is 3.27. The van der Waals surface area contributed by atoms with Gasteiger partial charge in [0.05, 0.1) is 17.0 Å². The van der Waals surface area contributed by atoms with Gasteiger partial charge in [0.15, 0.2) is 0 Å². The number of guanidine groups is 1. The molecule has 0 bridgehead atoms. The minimum atomic E-state index is -3.76.